The molecule has 1 N–H and O–H groups in total. The van der Waals surface area contributed by atoms with E-state index in [0.717, 1.165) is 6.04 Å². The van der Waals surface area contributed by atoms with Gasteiger partial charge in [0.2, 0.25) is 0 Å². The van der Waals surface area contributed by atoms with E-state index in [0.29, 0.717) is 5.54 Å². The maximum absolute atomic E-state index is 3.56. The van der Waals surface area contributed by atoms with Gasteiger partial charge in [-0.15, -0.1) is 0 Å². The summed E-state index contributed by atoms with van der Waals surface area (Å²) in [5, 5.41) is 3.56. The van der Waals surface area contributed by atoms with Crippen LogP contribution >= 0.6 is 0 Å². The predicted octanol–water partition coefficient (Wildman–Crippen LogP) is 0.833. The Morgan fingerprint density at radius 3 is 2.36 bits per heavy atom. The Hall–Kier alpha value is -0.0800. The van der Waals surface area contributed by atoms with Crippen LogP contribution in [0, 0.1) is 0 Å². The minimum absolute atomic E-state index is 0.546. The molecule has 0 aromatic carbocycles. The Kier molecular flexibility index (Phi) is 1.69. The summed E-state index contributed by atoms with van der Waals surface area (Å²) >= 11 is 0. The van der Waals surface area contributed by atoms with Crippen molar-refractivity contribution < 1.29 is 0 Å². The first-order valence-corrected chi connectivity index (χ1v) is 4.71. The molecule has 0 saturated carbocycles. The van der Waals surface area contributed by atoms with Crippen molar-refractivity contribution in [3.63, 3.8) is 0 Å². The first-order chi connectivity index (χ1) is 5.22. The fraction of sp³-hybridized carbons (Fsp3) is 1.00. The number of likely N-dealkylation sites (tertiary alicyclic amines) is 1. The van der Waals surface area contributed by atoms with Gasteiger partial charge in [0.05, 0.1) is 0 Å². The Labute approximate surface area is 69.0 Å². The monoisotopic (exact) mass is 154 g/mol. The summed E-state index contributed by atoms with van der Waals surface area (Å²) in [6.07, 6.45) is 2.77. The van der Waals surface area contributed by atoms with E-state index >= 15 is 0 Å². The molecule has 0 radical (unpaired) electrons. The molecule has 0 unspecified atom stereocenters. The summed E-state index contributed by atoms with van der Waals surface area (Å²) in [4.78, 5) is 2.58. The van der Waals surface area contributed by atoms with Gasteiger partial charge in [0, 0.05) is 24.7 Å². The summed E-state index contributed by atoms with van der Waals surface area (Å²) in [5.41, 5.74) is 0.546. The van der Waals surface area contributed by atoms with Crippen molar-refractivity contribution in [1.29, 1.82) is 0 Å². The summed E-state index contributed by atoms with van der Waals surface area (Å²) in [6, 6.07) is 0.733. The lowest BCUT2D eigenvalue weighted by molar-refractivity contribution is 0.185. The van der Waals surface area contributed by atoms with Crippen LogP contribution < -0.4 is 5.32 Å². The molecule has 2 saturated heterocycles. The van der Waals surface area contributed by atoms with Crippen molar-refractivity contribution in [2.45, 2.75) is 38.3 Å². The number of rotatable bonds is 1. The summed E-state index contributed by atoms with van der Waals surface area (Å²) in [6.45, 7) is 8.40. The number of hydrogen-bond acceptors (Lipinski definition) is 2. The van der Waals surface area contributed by atoms with Crippen LogP contribution in [-0.2, 0) is 0 Å². The van der Waals surface area contributed by atoms with Gasteiger partial charge in [-0.2, -0.15) is 0 Å². The van der Waals surface area contributed by atoms with Crippen molar-refractivity contribution in [2.75, 3.05) is 19.6 Å². The second-order valence-corrected chi connectivity index (χ2v) is 4.27. The minimum Gasteiger partial charge on any atom is -0.310 e. The Morgan fingerprint density at radius 2 is 2.09 bits per heavy atom. The maximum atomic E-state index is 3.56. The average molecular weight is 154 g/mol. The fourth-order valence-corrected chi connectivity index (χ4v) is 2.17. The van der Waals surface area contributed by atoms with Crippen LogP contribution in [0.25, 0.3) is 0 Å². The van der Waals surface area contributed by atoms with Gasteiger partial charge in [-0.25, -0.2) is 0 Å². The highest BCUT2D eigenvalue weighted by molar-refractivity contribution is 5.03. The van der Waals surface area contributed by atoms with Crippen LogP contribution in [0.4, 0.5) is 0 Å². The van der Waals surface area contributed by atoms with E-state index in [1.165, 1.54) is 32.5 Å². The van der Waals surface area contributed by atoms with Crippen LogP contribution in [0.1, 0.15) is 26.7 Å². The molecule has 2 aliphatic rings. The molecule has 0 aromatic heterocycles. The molecule has 0 amide bonds. The lowest BCUT2D eigenvalue weighted by Gasteiger charge is -2.40. The van der Waals surface area contributed by atoms with Gasteiger partial charge in [0.25, 0.3) is 0 Å². The predicted molar refractivity (Wildman–Crippen MR) is 46.7 cm³/mol. The average Bonchev–Trinajstić information content (AvgIpc) is 2.28. The van der Waals surface area contributed by atoms with E-state index in [2.05, 4.69) is 24.1 Å². The van der Waals surface area contributed by atoms with Crippen molar-refractivity contribution in [2.24, 2.45) is 0 Å². The lowest BCUT2D eigenvalue weighted by atomic mass is 9.87. The third kappa shape index (κ3) is 1.18. The van der Waals surface area contributed by atoms with E-state index in [1.807, 2.05) is 0 Å². The number of nitrogens with zero attached hydrogens (tertiary/aromatic N) is 1. The van der Waals surface area contributed by atoms with Crippen molar-refractivity contribution in [3.05, 3.63) is 0 Å². The number of nitrogens with one attached hydrogen (secondary N) is 1. The zero-order valence-corrected chi connectivity index (χ0v) is 7.56. The molecule has 11 heavy (non-hydrogen) atoms. The zero-order chi connectivity index (χ0) is 7.90. The molecule has 2 rings (SSSR count). The quantitative estimate of drug-likeness (QED) is 0.602. The van der Waals surface area contributed by atoms with Gasteiger partial charge in [-0.3, -0.25) is 4.90 Å². The Balaban J connectivity index is 1.93. The van der Waals surface area contributed by atoms with E-state index < -0.39 is 0 Å². The molecule has 1 atom stereocenters. The molecular weight excluding hydrogens is 136 g/mol. The third-order valence-corrected chi connectivity index (χ3v) is 3.22. The van der Waals surface area contributed by atoms with Crippen LogP contribution in [0.3, 0.4) is 0 Å². The highest BCUT2D eigenvalue weighted by Gasteiger charge is 2.42. The first-order valence-electron chi connectivity index (χ1n) is 4.71. The number of hydrogen-bond donors (Lipinski definition) is 1. The van der Waals surface area contributed by atoms with Gasteiger partial charge in [0.15, 0.2) is 0 Å². The van der Waals surface area contributed by atoms with E-state index in [9.17, 15) is 0 Å². The third-order valence-electron chi connectivity index (χ3n) is 3.22. The molecule has 2 aliphatic heterocycles. The summed E-state index contributed by atoms with van der Waals surface area (Å²) < 4.78 is 0. The minimum atomic E-state index is 0.546. The van der Waals surface area contributed by atoms with Gasteiger partial charge < -0.3 is 5.32 Å². The van der Waals surface area contributed by atoms with Crippen molar-refractivity contribution in [3.8, 4) is 0 Å². The Morgan fingerprint density at radius 1 is 1.36 bits per heavy atom. The summed E-state index contributed by atoms with van der Waals surface area (Å²) in [5.74, 6) is 0. The van der Waals surface area contributed by atoms with Gasteiger partial charge in [-0.05, 0) is 33.2 Å². The smallest absolute Gasteiger partial charge is 0.0333 e. The van der Waals surface area contributed by atoms with Crippen LogP contribution in [0.2, 0.25) is 0 Å². The summed E-state index contributed by atoms with van der Waals surface area (Å²) in [7, 11) is 0. The molecule has 0 aliphatic carbocycles. The van der Waals surface area contributed by atoms with Gasteiger partial charge >= 0.3 is 0 Å². The van der Waals surface area contributed by atoms with Crippen LogP contribution in [0.5, 0.6) is 0 Å². The van der Waals surface area contributed by atoms with E-state index in [-0.39, 0.29) is 0 Å². The second-order valence-electron chi connectivity index (χ2n) is 4.27. The van der Waals surface area contributed by atoms with E-state index in [1.54, 1.807) is 0 Å². The van der Waals surface area contributed by atoms with Crippen molar-refractivity contribution in [1.82, 2.24) is 10.2 Å². The van der Waals surface area contributed by atoms with Crippen LogP contribution in [0.15, 0.2) is 0 Å². The SMILES string of the molecule is CC(C)N1CC[C@]2(CCN2)C1. The van der Waals surface area contributed by atoms with Crippen LogP contribution in [-0.4, -0.2) is 36.1 Å². The largest absolute Gasteiger partial charge is 0.310 e. The molecule has 2 nitrogen and oxygen atoms in total. The lowest BCUT2D eigenvalue weighted by Crippen LogP contribution is -2.58. The molecule has 1 spiro atoms. The Bertz CT molecular complexity index is 150. The molecule has 2 heteroatoms. The normalized spacial score (nSPS) is 38.5. The maximum Gasteiger partial charge on any atom is 0.0333 e. The van der Waals surface area contributed by atoms with Gasteiger partial charge in [-0.1, -0.05) is 0 Å². The first kappa shape index (κ1) is 7.56. The standard InChI is InChI=1S/C9H18N2/c1-8(2)11-6-4-9(7-11)3-5-10-9/h8,10H,3-7H2,1-2H3/t9-/m1/s1. The molecule has 2 fully saturated rings. The fourth-order valence-electron chi connectivity index (χ4n) is 2.17. The highest BCUT2D eigenvalue weighted by Crippen LogP contribution is 2.30. The topological polar surface area (TPSA) is 15.3 Å². The molecular formula is C9H18N2. The molecule has 2 heterocycles. The van der Waals surface area contributed by atoms with Gasteiger partial charge in [0.1, 0.15) is 0 Å². The molecule has 64 valence electrons. The zero-order valence-electron chi connectivity index (χ0n) is 7.56. The van der Waals surface area contributed by atoms with Crippen molar-refractivity contribution >= 4 is 0 Å². The van der Waals surface area contributed by atoms with E-state index in [4.69, 9.17) is 0 Å². The molecule has 0 bridgehead atoms. The second kappa shape index (κ2) is 2.46. The highest BCUT2D eigenvalue weighted by atomic mass is 15.2. The molecule has 0 aromatic rings.